The highest BCUT2D eigenvalue weighted by molar-refractivity contribution is 7.17. The van der Waals surface area contributed by atoms with Crippen LogP contribution in [0.15, 0.2) is 17.6 Å². The first-order chi connectivity index (χ1) is 14.1. The molecule has 2 aromatic rings. The smallest absolute Gasteiger partial charge is 0.403 e. The fraction of sp³-hybridized carbons (Fsp3) is 0.526. The Hall–Kier alpha value is -2.43. The van der Waals surface area contributed by atoms with Gasteiger partial charge in [0.2, 0.25) is 5.91 Å². The lowest BCUT2D eigenvalue weighted by Gasteiger charge is -2.51. The first-order valence-corrected chi connectivity index (χ1v) is 10.3. The maximum absolute atomic E-state index is 14.1. The van der Waals surface area contributed by atoms with Gasteiger partial charge in [0.1, 0.15) is 11.2 Å². The molecule has 11 heteroatoms. The number of hydrogen-bond donors (Lipinski definition) is 1. The van der Waals surface area contributed by atoms with Gasteiger partial charge >= 0.3 is 12.1 Å². The van der Waals surface area contributed by atoms with E-state index in [-0.39, 0.29) is 39.0 Å². The third-order valence-electron chi connectivity index (χ3n) is 6.66. The predicted molar refractivity (Wildman–Crippen MR) is 99.7 cm³/mol. The molecule has 3 fully saturated rings. The van der Waals surface area contributed by atoms with Crippen LogP contribution in [0.25, 0.3) is 10.2 Å². The summed E-state index contributed by atoms with van der Waals surface area (Å²) in [6, 6.07) is 2.62. The summed E-state index contributed by atoms with van der Waals surface area (Å²) in [5.41, 5.74) is -0.594. The number of hydrogen-bond acceptors (Lipinski definition) is 5. The number of aromatic nitrogens is 1. The quantitative estimate of drug-likeness (QED) is 0.738. The van der Waals surface area contributed by atoms with Crippen LogP contribution in [-0.4, -0.2) is 59.2 Å². The summed E-state index contributed by atoms with van der Waals surface area (Å²) in [6.45, 7) is 0.234. The standard InChI is InChI=1S/C19H17F4N3O3S/c20-10-3-12-14(30-9-24-12)13(4-10)25-5-11(15(27)28)17(6-25)7-26(8-17)16(29)18(1-2-18)19(21,22)23/h3-4,9,11H,1-2,5-8H2,(H,27,28)/t11-/m0/s1. The Morgan fingerprint density at radius 1 is 1.20 bits per heavy atom. The highest BCUT2D eigenvalue weighted by Crippen LogP contribution is 2.60. The Bertz CT molecular complexity index is 1060. The fourth-order valence-electron chi connectivity index (χ4n) is 4.87. The zero-order valence-electron chi connectivity index (χ0n) is 15.6. The lowest BCUT2D eigenvalue weighted by atomic mass is 9.71. The SMILES string of the molecule is O=C(O)[C@@H]1CN(c2cc(F)cc3ncsc23)CC12CN(C(=O)C1(C(F)(F)F)CC1)C2. The van der Waals surface area contributed by atoms with Crippen molar-refractivity contribution in [3.63, 3.8) is 0 Å². The number of carbonyl (C=O) groups excluding carboxylic acids is 1. The van der Waals surface area contributed by atoms with Gasteiger partial charge in [0.15, 0.2) is 0 Å². The molecule has 2 aliphatic heterocycles. The summed E-state index contributed by atoms with van der Waals surface area (Å²) in [7, 11) is 0. The average Bonchev–Trinajstić information content (AvgIpc) is 3.16. The molecular weight excluding hydrogens is 426 g/mol. The number of aliphatic carboxylic acids is 1. The van der Waals surface area contributed by atoms with Crippen molar-refractivity contribution >= 4 is 39.1 Å². The number of thiazole rings is 1. The molecule has 0 bridgehead atoms. The van der Waals surface area contributed by atoms with Crippen LogP contribution in [0.3, 0.4) is 0 Å². The van der Waals surface area contributed by atoms with Crippen LogP contribution in [-0.2, 0) is 9.59 Å². The highest BCUT2D eigenvalue weighted by atomic mass is 32.1. The summed E-state index contributed by atoms with van der Waals surface area (Å²) < 4.78 is 54.6. The van der Waals surface area contributed by atoms with Crippen LogP contribution in [0.5, 0.6) is 0 Å². The molecule has 1 N–H and O–H groups in total. The molecule has 1 aliphatic carbocycles. The lowest BCUT2D eigenvalue weighted by molar-refractivity contribution is -0.206. The molecule has 160 valence electrons. The second-order valence-electron chi connectivity index (χ2n) is 8.50. The van der Waals surface area contributed by atoms with E-state index >= 15 is 0 Å². The monoisotopic (exact) mass is 443 g/mol. The summed E-state index contributed by atoms with van der Waals surface area (Å²) >= 11 is 1.31. The summed E-state index contributed by atoms with van der Waals surface area (Å²) in [6.07, 6.45) is -5.04. The topological polar surface area (TPSA) is 73.7 Å². The molecule has 0 radical (unpaired) electrons. The number of nitrogens with zero attached hydrogens (tertiary/aromatic N) is 3. The van der Waals surface area contributed by atoms with Gasteiger partial charge in [-0.2, -0.15) is 13.2 Å². The maximum atomic E-state index is 14.1. The van der Waals surface area contributed by atoms with Crippen molar-refractivity contribution in [2.75, 3.05) is 31.1 Å². The van der Waals surface area contributed by atoms with Crippen LogP contribution in [0.2, 0.25) is 0 Å². The number of carboxylic acid groups (broad SMARTS) is 1. The second-order valence-corrected chi connectivity index (χ2v) is 9.36. The molecule has 30 heavy (non-hydrogen) atoms. The third-order valence-corrected chi connectivity index (χ3v) is 7.53. The largest absolute Gasteiger partial charge is 0.481 e. The number of benzene rings is 1. The number of carbonyl (C=O) groups is 2. The van der Waals surface area contributed by atoms with Gasteiger partial charge in [-0.15, -0.1) is 11.3 Å². The Kier molecular flexibility index (Phi) is 3.94. The average molecular weight is 443 g/mol. The number of anilines is 1. The minimum Gasteiger partial charge on any atom is -0.481 e. The Labute approximate surface area is 172 Å². The van der Waals surface area contributed by atoms with Gasteiger partial charge in [0, 0.05) is 37.7 Å². The van der Waals surface area contributed by atoms with E-state index in [9.17, 15) is 32.3 Å². The second kappa shape index (κ2) is 6.05. The Morgan fingerprint density at radius 2 is 1.90 bits per heavy atom. The van der Waals surface area contributed by atoms with E-state index in [1.54, 1.807) is 10.4 Å². The van der Waals surface area contributed by atoms with Crippen molar-refractivity contribution in [3.05, 3.63) is 23.5 Å². The lowest BCUT2D eigenvalue weighted by Crippen LogP contribution is -2.65. The molecule has 6 nitrogen and oxygen atoms in total. The van der Waals surface area contributed by atoms with Crippen molar-refractivity contribution in [3.8, 4) is 0 Å². The van der Waals surface area contributed by atoms with Crippen LogP contribution < -0.4 is 4.90 Å². The molecule has 1 amide bonds. The van der Waals surface area contributed by atoms with Gasteiger partial charge in [-0.1, -0.05) is 0 Å². The zero-order chi connectivity index (χ0) is 21.5. The molecule has 5 rings (SSSR count). The van der Waals surface area contributed by atoms with Crippen molar-refractivity contribution in [2.24, 2.45) is 16.7 Å². The predicted octanol–water partition coefficient (Wildman–Crippen LogP) is 3.13. The van der Waals surface area contributed by atoms with Gasteiger partial charge in [-0.05, 0) is 18.9 Å². The molecule has 3 aliphatic rings. The number of rotatable bonds is 3. The van der Waals surface area contributed by atoms with Gasteiger partial charge in [-0.3, -0.25) is 9.59 Å². The van der Waals surface area contributed by atoms with Crippen LogP contribution in [0.1, 0.15) is 12.8 Å². The molecular formula is C19H17F4N3O3S. The van der Waals surface area contributed by atoms with Gasteiger partial charge in [0.05, 0.1) is 27.3 Å². The maximum Gasteiger partial charge on any atom is 0.403 e. The number of likely N-dealkylation sites (tertiary alicyclic amines) is 1. The number of alkyl halides is 3. The zero-order valence-corrected chi connectivity index (χ0v) is 16.4. The van der Waals surface area contributed by atoms with Crippen LogP contribution >= 0.6 is 11.3 Å². The molecule has 0 unspecified atom stereocenters. The molecule has 3 heterocycles. The number of carboxylic acids is 1. The van der Waals surface area contributed by atoms with Crippen molar-refractivity contribution in [1.29, 1.82) is 0 Å². The Balaban J connectivity index is 1.41. The van der Waals surface area contributed by atoms with E-state index in [1.807, 2.05) is 0 Å². The molecule has 1 aromatic carbocycles. The first-order valence-electron chi connectivity index (χ1n) is 9.43. The van der Waals surface area contributed by atoms with E-state index < -0.39 is 40.6 Å². The summed E-state index contributed by atoms with van der Waals surface area (Å²) in [5.74, 6) is -3.39. The van der Waals surface area contributed by atoms with E-state index in [0.717, 1.165) is 9.60 Å². The van der Waals surface area contributed by atoms with E-state index in [1.165, 1.54) is 23.5 Å². The van der Waals surface area contributed by atoms with Crippen molar-refractivity contribution in [1.82, 2.24) is 9.88 Å². The van der Waals surface area contributed by atoms with E-state index in [0.29, 0.717) is 11.2 Å². The van der Waals surface area contributed by atoms with Crippen molar-refractivity contribution in [2.45, 2.75) is 19.0 Å². The van der Waals surface area contributed by atoms with Crippen LogP contribution in [0, 0.1) is 22.6 Å². The highest BCUT2D eigenvalue weighted by Gasteiger charge is 2.71. The molecule has 1 atom stereocenters. The van der Waals surface area contributed by atoms with Gasteiger partial charge in [0.25, 0.3) is 0 Å². The molecule has 1 saturated carbocycles. The van der Waals surface area contributed by atoms with E-state index in [4.69, 9.17) is 0 Å². The third kappa shape index (κ3) is 2.63. The van der Waals surface area contributed by atoms with Gasteiger partial charge in [-0.25, -0.2) is 9.37 Å². The molecule has 1 aromatic heterocycles. The van der Waals surface area contributed by atoms with Crippen molar-refractivity contribution < 1.29 is 32.3 Å². The number of amides is 1. The molecule has 2 saturated heterocycles. The fourth-order valence-corrected chi connectivity index (χ4v) is 5.68. The number of fused-ring (bicyclic) bond motifs is 1. The normalized spacial score (nSPS) is 24.3. The summed E-state index contributed by atoms with van der Waals surface area (Å²) in [5, 5.41) is 9.74. The van der Waals surface area contributed by atoms with Gasteiger partial charge < -0.3 is 14.9 Å². The molecule has 1 spiro atoms. The summed E-state index contributed by atoms with van der Waals surface area (Å²) in [4.78, 5) is 31.4. The first kappa shape index (κ1) is 19.5. The van der Waals surface area contributed by atoms with E-state index in [2.05, 4.69) is 4.98 Å². The van der Waals surface area contributed by atoms with Crippen LogP contribution in [0.4, 0.5) is 23.2 Å². The minimum absolute atomic E-state index is 0.0434. The number of halogens is 4. The Morgan fingerprint density at radius 3 is 2.50 bits per heavy atom. The minimum atomic E-state index is -4.60.